The molecule has 0 radical (unpaired) electrons. The third kappa shape index (κ3) is 5.19. The van der Waals surface area contributed by atoms with Gasteiger partial charge in [0.25, 0.3) is 0 Å². The number of ether oxygens (including phenoxy) is 1. The highest BCUT2D eigenvalue weighted by atomic mass is 16.5. The number of hydrogen-bond donors (Lipinski definition) is 2. The number of urea groups is 1. The van der Waals surface area contributed by atoms with E-state index < -0.39 is 24.0 Å². The van der Waals surface area contributed by atoms with Crippen LogP contribution < -0.4 is 5.32 Å². The third-order valence-electron chi connectivity index (χ3n) is 2.22. The molecule has 0 aromatic carbocycles. The zero-order chi connectivity index (χ0) is 13.4. The summed E-state index contributed by atoms with van der Waals surface area (Å²) in [5.41, 5.74) is 0. The number of hydrogen-bond acceptors (Lipinski definition) is 4. The average molecular weight is 246 g/mol. The van der Waals surface area contributed by atoms with Crippen molar-refractivity contribution in [2.75, 3.05) is 20.2 Å². The Morgan fingerprint density at radius 3 is 2.29 bits per heavy atom. The van der Waals surface area contributed by atoms with Crippen molar-refractivity contribution >= 4 is 18.0 Å². The Bertz CT molecular complexity index is 292. The second-order valence-electron chi connectivity index (χ2n) is 3.34. The number of nitrogens with zero attached hydrogens (tertiary/aromatic N) is 1. The van der Waals surface area contributed by atoms with E-state index in [1.54, 1.807) is 13.8 Å². The molecule has 0 spiro atoms. The van der Waals surface area contributed by atoms with Gasteiger partial charge in [0, 0.05) is 6.54 Å². The molecular formula is C10H18N2O5. The molecule has 0 aromatic rings. The summed E-state index contributed by atoms with van der Waals surface area (Å²) in [4.78, 5) is 34.6. The van der Waals surface area contributed by atoms with Gasteiger partial charge in [0.1, 0.15) is 12.6 Å². The van der Waals surface area contributed by atoms with Gasteiger partial charge < -0.3 is 20.1 Å². The molecule has 2 amide bonds. The molecular weight excluding hydrogens is 228 g/mol. The zero-order valence-electron chi connectivity index (χ0n) is 10.2. The van der Waals surface area contributed by atoms with Gasteiger partial charge in [-0.2, -0.15) is 0 Å². The van der Waals surface area contributed by atoms with E-state index in [4.69, 9.17) is 5.11 Å². The highest BCUT2D eigenvalue weighted by molar-refractivity contribution is 5.85. The minimum Gasteiger partial charge on any atom is -0.480 e. The van der Waals surface area contributed by atoms with Crippen LogP contribution in [0.2, 0.25) is 0 Å². The maximum atomic E-state index is 11.6. The lowest BCUT2D eigenvalue weighted by Crippen LogP contribution is -2.49. The van der Waals surface area contributed by atoms with E-state index in [9.17, 15) is 14.4 Å². The topological polar surface area (TPSA) is 95.9 Å². The van der Waals surface area contributed by atoms with Gasteiger partial charge >= 0.3 is 18.0 Å². The van der Waals surface area contributed by atoms with E-state index in [1.807, 2.05) is 0 Å². The fourth-order valence-corrected chi connectivity index (χ4v) is 1.13. The highest BCUT2D eigenvalue weighted by Gasteiger charge is 2.22. The summed E-state index contributed by atoms with van der Waals surface area (Å²) in [5.74, 6) is -1.65. The predicted molar refractivity (Wildman–Crippen MR) is 59.5 cm³/mol. The average Bonchev–Trinajstić information content (AvgIpc) is 2.31. The van der Waals surface area contributed by atoms with Gasteiger partial charge in [0.15, 0.2) is 0 Å². The molecule has 2 N–H and O–H groups in total. The van der Waals surface area contributed by atoms with Crippen LogP contribution in [0, 0.1) is 0 Å². The van der Waals surface area contributed by atoms with Crippen molar-refractivity contribution in [2.24, 2.45) is 0 Å². The predicted octanol–water partition coefficient (Wildman–Crippen LogP) is 0.0541. The normalized spacial score (nSPS) is 11.5. The van der Waals surface area contributed by atoms with Crippen LogP contribution >= 0.6 is 0 Å². The molecule has 0 aliphatic carbocycles. The fourth-order valence-electron chi connectivity index (χ4n) is 1.13. The summed E-state index contributed by atoms with van der Waals surface area (Å²) in [6.45, 7) is 3.42. The molecule has 7 nitrogen and oxygen atoms in total. The first-order chi connectivity index (χ1) is 7.96. The molecule has 0 aliphatic rings. The van der Waals surface area contributed by atoms with E-state index in [2.05, 4.69) is 10.1 Å². The van der Waals surface area contributed by atoms with Crippen molar-refractivity contribution in [3.8, 4) is 0 Å². The van der Waals surface area contributed by atoms with E-state index in [0.29, 0.717) is 0 Å². The molecule has 0 rings (SSSR count). The number of likely N-dealkylation sites (N-methyl/N-ethyl adjacent to an activating group) is 1. The molecule has 1 atom stereocenters. The van der Waals surface area contributed by atoms with Gasteiger partial charge in [0.05, 0.1) is 7.11 Å². The van der Waals surface area contributed by atoms with Crippen LogP contribution in [0.5, 0.6) is 0 Å². The van der Waals surface area contributed by atoms with Crippen molar-refractivity contribution in [3.63, 3.8) is 0 Å². The summed E-state index contributed by atoms with van der Waals surface area (Å²) < 4.78 is 4.43. The van der Waals surface area contributed by atoms with Gasteiger partial charge in [-0.3, -0.25) is 4.79 Å². The summed E-state index contributed by atoms with van der Waals surface area (Å²) in [7, 11) is 1.22. The Morgan fingerprint density at radius 2 is 1.94 bits per heavy atom. The smallest absolute Gasteiger partial charge is 0.326 e. The van der Waals surface area contributed by atoms with Crippen molar-refractivity contribution in [1.82, 2.24) is 10.2 Å². The SMILES string of the molecule is CCC(NC(=O)N(CC)CC(=O)OC)C(=O)O. The number of nitrogens with one attached hydrogen (secondary N) is 1. The molecule has 98 valence electrons. The number of carbonyl (C=O) groups is 3. The Labute approximate surface area is 99.7 Å². The summed E-state index contributed by atoms with van der Waals surface area (Å²) >= 11 is 0. The lowest BCUT2D eigenvalue weighted by molar-refractivity contribution is -0.141. The standard InChI is InChI=1S/C10H18N2O5/c1-4-7(9(14)15)11-10(16)12(5-2)6-8(13)17-3/h7H,4-6H2,1-3H3,(H,11,16)(H,14,15). The molecule has 0 bridgehead atoms. The molecule has 0 heterocycles. The van der Waals surface area contributed by atoms with Crippen molar-refractivity contribution in [3.05, 3.63) is 0 Å². The fraction of sp³-hybridized carbons (Fsp3) is 0.700. The number of carbonyl (C=O) groups excluding carboxylic acids is 2. The number of amides is 2. The van der Waals surface area contributed by atoms with Crippen LogP contribution in [0.3, 0.4) is 0 Å². The maximum Gasteiger partial charge on any atom is 0.326 e. The van der Waals surface area contributed by atoms with Crippen LogP contribution in [0.4, 0.5) is 4.79 Å². The number of aliphatic carboxylic acids is 1. The molecule has 0 saturated heterocycles. The largest absolute Gasteiger partial charge is 0.480 e. The first kappa shape index (κ1) is 15.2. The number of esters is 1. The van der Waals surface area contributed by atoms with Crippen LogP contribution in [-0.2, 0) is 14.3 Å². The quantitative estimate of drug-likeness (QED) is 0.646. The Morgan fingerprint density at radius 1 is 1.35 bits per heavy atom. The monoisotopic (exact) mass is 246 g/mol. The Balaban J connectivity index is 4.43. The third-order valence-corrected chi connectivity index (χ3v) is 2.22. The summed E-state index contributed by atoms with van der Waals surface area (Å²) in [6.07, 6.45) is 0.275. The Hall–Kier alpha value is -1.79. The van der Waals surface area contributed by atoms with Gasteiger partial charge in [-0.05, 0) is 13.3 Å². The maximum absolute atomic E-state index is 11.6. The molecule has 0 fully saturated rings. The summed E-state index contributed by atoms with van der Waals surface area (Å²) in [5, 5.41) is 11.1. The number of carboxylic acid groups (broad SMARTS) is 1. The number of rotatable bonds is 6. The first-order valence-electron chi connectivity index (χ1n) is 5.31. The lowest BCUT2D eigenvalue weighted by Gasteiger charge is -2.22. The van der Waals surface area contributed by atoms with E-state index in [1.165, 1.54) is 12.0 Å². The van der Waals surface area contributed by atoms with Crippen molar-refractivity contribution < 1.29 is 24.2 Å². The minimum absolute atomic E-state index is 0.200. The van der Waals surface area contributed by atoms with Gasteiger partial charge in [-0.1, -0.05) is 6.92 Å². The zero-order valence-corrected chi connectivity index (χ0v) is 10.2. The lowest BCUT2D eigenvalue weighted by atomic mass is 10.2. The molecule has 1 unspecified atom stereocenters. The second kappa shape index (κ2) is 7.48. The highest BCUT2D eigenvalue weighted by Crippen LogP contribution is 1.96. The minimum atomic E-state index is -1.10. The number of methoxy groups -OCH3 is 1. The molecule has 0 saturated carbocycles. The van der Waals surface area contributed by atoms with Gasteiger partial charge in [-0.15, -0.1) is 0 Å². The molecule has 0 aromatic heterocycles. The van der Waals surface area contributed by atoms with Gasteiger partial charge in [0.2, 0.25) is 0 Å². The number of carboxylic acids is 1. The molecule has 7 heteroatoms. The summed E-state index contributed by atoms with van der Waals surface area (Å²) in [6, 6.07) is -1.54. The second-order valence-corrected chi connectivity index (χ2v) is 3.34. The van der Waals surface area contributed by atoms with E-state index in [-0.39, 0.29) is 19.5 Å². The van der Waals surface area contributed by atoms with Gasteiger partial charge in [-0.25, -0.2) is 9.59 Å². The van der Waals surface area contributed by atoms with Crippen LogP contribution in [-0.4, -0.2) is 54.2 Å². The van der Waals surface area contributed by atoms with Crippen molar-refractivity contribution in [1.29, 1.82) is 0 Å². The van der Waals surface area contributed by atoms with E-state index in [0.717, 1.165) is 0 Å². The first-order valence-corrected chi connectivity index (χ1v) is 5.31. The van der Waals surface area contributed by atoms with Crippen LogP contribution in [0.1, 0.15) is 20.3 Å². The van der Waals surface area contributed by atoms with Crippen LogP contribution in [0.25, 0.3) is 0 Å². The van der Waals surface area contributed by atoms with Crippen LogP contribution in [0.15, 0.2) is 0 Å². The van der Waals surface area contributed by atoms with E-state index >= 15 is 0 Å². The Kier molecular flexibility index (Phi) is 6.69. The molecule has 0 aliphatic heterocycles. The molecule has 17 heavy (non-hydrogen) atoms. The van der Waals surface area contributed by atoms with Crippen molar-refractivity contribution in [2.45, 2.75) is 26.3 Å².